The number of rotatable bonds is 4. The molecule has 0 aromatic heterocycles. The van der Waals surface area contributed by atoms with Crippen LogP contribution in [-0.4, -0.2) is 43.9 Å². The summed E-state index contributed by atoms with van der Waals surface area (Å²) in [5, 5.41) is 5.20. The number of hydrogen-bond donors (Lipinski definition) is 2. The summed E-state index contributed by atoms with van der Waals surface area (Å²) in [6.07, 6.45) is -0.913. The van der Waals surface area contributed by atoms with E-state index in [0.717, 1.165) is 0 Å². The van der Waals surface area contributed by atoms with Gasteiger partial charge in [-0.05, 0) is 20.9 Å². The van der Waals surface area contributed by atoms with Crippen molar-refractivity contribution in [2.45, 2.75) is 25.6 Å². The molecule has 0 aromatic carbocycles. The van der Waals surface area contributed by atoms with Crippen LogP contribution in [0.15, 0.2) is 0 Å². The zero-order valence-electron chi connectivity index (χ0n) is 9.53. The van der Waals surface area contributed by atoms with Crippen molar-refractivity contribution < 1.29 is 19.1 Å². The van der Waals surface area contributed by atoms with Crippen LogP contribution in [-0.2, 0) is 14.3 Å². The third-order valence-corrected chi connectivity index (χ3v) is 2.15. The molecule has 1 aliphatic rings. The molecule has 0 saturated carbocycles. The van der Waals surface area contributed by atoms with Gasteiger partial charge in [-0.2, -0.15) is 0 Å². The lowest BCUT2D eigenvalue weighted by molar-refractivity contribution is -0.163. The van der Waals surface area contributed by atoms with Crippen molar-refractivity contribution in [1.29, 1.82) is 0 Å². The largest absolute Gasteiger partial charge is 0.455 e. The lowest BCUT2D eigenvalue weighted by Crippen LogP contribution is -2.44. The Bertz CT molecular complexity index is 270. The summed E-state index contributed by atoms with van der Waals surface area (Å²) in [6.45, 7) is 3.92. The Hall–Kier alpha value is -1.01. The molecule has 1 atom stereocenters. The highest BCUT2D eigenvalue weighted by atomic mass is 35.5. The minimum Gasteiger partial charge on any atom is -0.455 e. The topological polar surface area (TPSA) is 76.7 Å². The molecule has 0 aromatic rings. The summed E-state index contributed by atoms with van der Waals surface area (Å²) in [5.41, 5.74) is -0.812. The molecule has 0 bridgehead atoms. The summed E-state index contributed by atoms with van der Waals surface area (Å²) in [5.74, 6) is -0.370. The minimum atomic E-state index is -0.812. The number of carbonyl (C=O) groups is 2. The number of ether oxygens (including phenoxy) is 2. The molecule has 94 valence electrons. The van der Waals surface area contributed by atoms with Crippen LogP contribution in [0.25, 0.3) is 0 Å². The van der Waals surface area contributed by atoms with Crippen molar-refractivity contribution in [2.24, 2.45) is 0 Å². The third-order valence-electron chi connectivity index (χ3n) is 2.15. The van der Waals surface area contributed by atoms with Gasteiger partial charge in [0.15, 0.2) is 6.10 Å². The predicted octanol–water partition coefficient (Wildman–Crippen LogP) is 0.0578. The summed E-state index contributed by atoms with van der Waals surface area (Å²) < 4.78 is 10.1. The summed E-state index contributed by atoms with van der Waals surface area (Å²) >= 11 is 0. The van der Waals surface area contributed by atoms with Crippen molar-refractivity contribution in [3.8, 4) is 0 Å². The summed E-state index contributed by atoms with van der Waals surface area (Å²) in [7, 11) is 1.66. The van der Waals surface area contributed by atoms with Gasteiger partial charge >= 0.3 is 12.1 Å². The van der Waals surface area contributed by atoms with Gasteiger partial charge < -0.3 is 20.1 Å². The van der Waals surface area contributed by atoms with E-state index in [-0.39, 0.29) is 24.9 Å². The number of halogens is 1. The molecule has 0 radical (unpaired) electrons. The van der Waals surface area contributed by atoms with Gasteiger partial charge in [0, 0.05) is 0 Å². The molecule has 1 heterocycles. The highest BCUT2D eigenvalue weighted by Crippen LogP contribution is 2.20. The molecule has 1 fully saturated rings. The molecule has 6 nitrogen and oxygen atoms in total. The Balaban J connectivity index is 0.00000225. The minimum absolute atomic E-state index is 0. The molecule has 1 saturated heterocycles. The molecular weight excluding hydrogens is 236 g/mol. The predicted molar refractivity (Wildman–Crippen MR) is 59.6 cm³/mol. The van der Waals surface area contributed by atoms with Gasteiger partial charge in [-0.15, -0.1) is 12.4 Å². The molecule has 0 unspecified atom stereocenters. The Kier molecular flexibility index (Phi) is 5.53. The van der Waals surface area contributed by atoms with Crippen molar-refractivity contribution in [2.75, 3.05) is 20.1 Å². The Morgan fingerprint density at radius 3 is 2.75 bits per heavy atom. The Labute approximate surface area is 100 Å². The van der Waals surface area contributed by atoms with E-state index in [2.05, 4.69) is 10.6 Å². The fraction of sp³-hybridized carbons (Fsp3) is 0.778. The number of alkyl carbamates (subject to hydrolysis) is 1. The van der Waals surface area contributed by atoms with Crippen LogP contribution in [0.2, 0.25) is 0 Å². The number of cyclic esters (lactones) is 1. The van der Waals surface area contributed by atoms with Crippen LogP contribution in [0.5, 0.6) is 0 Å². The molecule has 1 aliphatic heterocycles. The van der Waals surface area contributed by atoms with Crippen LogP contribution in [0.1, 0.15) is 13.8 Å². The van der Waals surface area contributed by atoms with Gasteiger partial charge in [0.25, 0.3) is 0 Å². The zero-order valence-corrected chi connectivity index (χ0v) is 10.3. The van der Waals surface area contributed by atoms with E-state index in [9.17, 15) is 9.59 Å². The highest BCUT2D eigenvalue weighted by Gasteiger charge is 2.40. The normalized spacial score (nSPS) is 19.4. The summed E-state index contributed by atoms with van der Waals surface area (Å²) in [4.78, 5) is 22.1. The van der Waals surface area contributed by atoms with Gasteiger partial charge in [0.05, 0.1) is 13.1 Å². The van der Waals surface area contributed by atoms with E-state index in [1.165, 1.54) is 0 Å². The van der Waals surface area contributed by atoms with Gasteiger partial charge in [0.1, 0.15) is 5.60 Å². The van der Waals surface area contributed by atoms with E-state index in [4.69, 9.17) is 9.47 Å². The first-order valence-corrected chi connectivity index (χ1v) is 4.76. The van der Waals surface area contributed by atoms with Crippen molar-refractivity contribution >= 4 is 24.5 Å². The van der Waals surface area contributed by atoms with Crippen LogP contribution >= 0.6 is 12.4 Å². The van der Waals surface area contributed by atoms with Crippen LogP contribution < -0.4 is 10.6 Å². The second kappa shape index (κ2) is 5.91. The van der Waals surface area contributed by atoms with Crippen LogP contribution in [0, 0.1) is 0 Å². The SMILES string of the molecule is CNCC(=O)OC(C)(C)[C@@H]1CNC(=O)O1.Cl. The second-order valence-electron chi connectivity index (χ2n) is 3.88. The number of likely N-dealkylation sites (N-methyl/N-ethyl adjacent to an activating group) is 1. The highest BCUT2D eigenvalue weighted by molar-refractivity contribution is 5.85. The van der Waals surface area contributed by atoms with Crippen molar-refractivity contribution in [3.05, 3.63) is 0 Å². The standard InChI is InChI=1S/C9H16N2O4.ClH/c1-9(2,15-7(12)5-10-3)6-4-11-8(13)14-6;/h6,10H,4-5H2,1-3H3,(H,11,13);1H/t6-;/m0./s1. The maximum Gasteiger partial charge on any atom is 0.407 e. The molecule has 1 amide bonds. The average Bonchev–Trinajstić information content (AvgIpc) is 2.51. The second-order valence-corrected chi connectivity index (χ2v) is 3.88. The third kappa shape index (κ3) is 3.86. The van der Waals surface area contributed by atoms with E-state index in [1.54, 1.807) is 20.9 Å². The lowest BCUT2D eigenvalue weighted by Gasteiger charge is -2.29. The smallest absolute Gasteiger partial charge is 0.407 e. The Morgan fingerprint density at radius 2 is 2.31 bits per heavy atom. The van der Waals surface area contributed by atoms with E-state index in [0.29, 0.717) is 6.54 Å². The lowest BCUT2D eigenvalue weighted by atomic mass is 10.0. The molecule has 2 N–H and O–H groups in total. The number of hydrogen-bond acceptors (Lipinski definition) is 5. The molecule has 16 heavy (non-hydrogen) atoms. The zero-order chi connectivity index (χ0) is 11.5. The number of esters is 1. The maximum absolute atomic E-state index is 11.3. The first kappa shape index (κ1) is 15.0. The van der Waals surface area contributed by atoms with Gasteiger partial charge in [-0.3, -0.25) is 4.79 Å². The van der Waals surface area contributed by atoms with Gasteiger partial charge in [0.2, 0.25) is 0 Å². The van der Waals surface area contributed by atoms with E-state index in [1.807, 2.05) is 0 Å². The van der Waals surface area contributed by atoms with E-state index < -0.39 is 17.8 Å². The molecule has 0 aliphatic carbocycles. The van der Waals surface area contributed by atoms with Crippen molar-refractivity contribution in [1.82, 2.24) is 10.6 Å². The Morgan fingerprint density at radius 1 is 1.69 bits per heavy atom. The van der Waals surface area contributed by atoms with Crippen molar-refractivity contribution in [3.63, 3.8) is 0 Å². The van der Waals surface area contributed by atoms with Crippen LogP contribution in [0.4, 0.5) is 4.79 Å². The van der Waals surface area contributed by atoms with Gasteiger partial charge in [-0.1, -0.05) is 0 Å². The van der Waals surface area contributed by atoms with Gasteiger partial charge in [-0.25, -0.2) is 4.79 Å². The first-order chi connectivity index (χ1) is 6.95. The van der Waals surface area contributed by atoms with Crippen LogP contribution in [0.3, 0.4) is 0 Å². The number of carbonyl (C=O) groups excluding carboxylic acids is 2. The first-order valence-electron chi connectivity index (χ1n) is 4.76. The molecule has 0 spiro atoms. The fourth-order valence-electron chi connectivity index (χ4n) is 1.32. The maximum atomic E-state index is 11.3. The number of amides is 1. The fourth-order valence-corrected chi connectivity index (χ4v) is 1.32. The number of nitrogens with one attached hydrogen (secondary N) is 2. The summed E-state index contributed by atoms with van der Waals surface area (Å²) in [6, 6.07) is 0. The quantitative estimate of drug-likeness (QED) is 0.692. The molecule has 7 heteroatoms. The molecular formula is C9H17ClN2O4. The average molecular weight is 253 g/mol. The monoisotopic (exact) mass is 252 g/mol. The molecule has 1 rings (SSSR count). The van der Waals surface area contributed by atoms with E-state index >= 15 is 0 Å².